The van der Waals surface area contributed by atoms with Crippen LogP contribution in [0.25, 0.3) is 0 Å². The molecule has 1 atom stereocenters. The van der Waals surface area contributed by atoms with E-state index in [0.717, 1.165) is 15.4 Å². The molecule has 1 N–H and O–H groups in total. The summed E-state index contributed by atoms with van der Waals surface area (Å²) >= 11 is 9.54. The fourth-order valence-corrected chi connectivity index (χ4v) is 6.54. The molecule has 2 amide bonds. The minimum atomic E-state index is -4.15. The Labute approximate surface area is 266 Å². The zero-order valence-electron chi connectivity index (χ0n) is 23.9. The summed E-state index contributed by atoms with van der Waals surface area (Å²) < 4.78 is 29.7. The van der Waals surface area contributed by atoms with Gasteiger partial charge in [-0.1, -0.05) is 94.3 Å². The number of carbonyl (C=O) groups is 2. The summed E-state index contributed by atoms with van der Waals surface area (Å²) in [5.41, 5.74) is 1.92. The highest BCUT2D eigenvalue weighted by Crippen LogP contribution is 2.27. The lowest BCUT2D eigenvalue weighted by atomic mass is 10.0. The second kappa shape index (κ2) is 14.7. The number of carbonyl (C=O) groups excluding carboxylic acids is 2. The zero-order chi connectivity index (χ0) is 31.0. The lowest BCUT2D eigenvalue weighted by Crippen LogP contribution is -2.54. The second-order valence-corrected chi connectivity index (χ2v) is 13.5. The molecule has 4 aromatic carbocycles. The largest absolute Gasteiger partial charge is 0.352 e. The van der Waals surface area contributed by atoms with Crippen molar-refractivity contribution in [2.75, 3.05) is 10.8 Å². The number of halogens is 2. The molecule has 0 aliphatic carbocycles. The van der Waals surface area contributed by atoms with Gasteiger partial charge in [-0.2, -0.15) is 0 Å². The first-order chi connectivity index (χ1) is 20.5. The van der Waals surface area contributed by atoms with Crippen LogP contribution in [0.3, 0.4) is 0 Å². The van der Waals surface area contributed by atoms with Crippen molar-refractivity contribution < 1.29 is 18.0 Å². The van der Waals surface area contributed by atoms with Crippen LogP contribution < -0.4 is 9.62 Å². The number of hydrogen-bond donors (Lipinski definition) is 1. The standard InChI is InChI=1S/C33H33BrClN3O4S/c1-24(2)36-33(40)31(20-25-10-5-3-6-11-25)37(22-26-16-18-28(35)19-17-26)32(39)23-38(29-13-9-12-27(34)21-29)43(41,42)30-14-7-4-8-15-30/h3-19,21,24,31H,20,22-23H2,1-2H3,(H,36,40)/t31-/m0/s1. The molecular weight excluding hydrogens is 650 g/mol. The normalized spacial score (nSPS) is 12.0. The van der Waals surface area contributed by atoms with E-state index < -0.39 is 28.5 Å². The van der Waals surface area contributed by atoms with Gasteiger partial charge in [0.05, 0.1) is 10.6 Å². The smallest absolute Gasteiger partial charge is 0.264 e. The summed E-state index contributed by atoms with van der Waals surface area (Å²) in [4.78, 5) is 29.6. The predicted molar refractivity (Wildman–Crippen MR) is 174 cm³/mol. The number of sulfonamides is 1. The van der Waals surface area contributed by atoms with Gasteiger partial charge in [-0.3, -0.25) is 13.9 Å². The van der Waals surface area contributed by atoms with Crippen molar-refractivity contribution in [1.82, 2.24) is 10.2 Å². The van der Waals surface area contributed by atoms with Crippen LogP contribution >= 0.6 is 27.5 Å². The van der Waals surface area contributed by atoms with E-state index in [4.69, 9.17) is 11.6 Å². The van der Waals surface area contributed by atoms with Crippen LogP contribution in [0.2, 0.25) is 5.02 Å². The van der Waals surface area contributed by atoms with Crippen molar-refractivity contribution in [3.8, 4) is 0 Å². The number of nitrogens with one attached hydrogen (secondary N) is 1. The zero-order valence-corrected chi connectivity index (χ0v) is 27.0. The highest BCUT2D eigenvalue weighted by atomic mass is 79.9. The van der Waals surface area contributed by atoms with Gasteiger partial charge in [0.1, 0.15) is 12.6 Å². The van der Waals surface area contributed by atoms with E-state index in [-0.39, 0.29) is 29.8 Å². The van der Waals surface area contributed by atoms with Crippen molar-refractivity contribution in [3.63, 3.8) is 0 Å². The highest BCUT2D eigenvalue weighted by molar-refractivity contribution is 9.10. The summed E-state index contributed by atoms with van der Waals surface area (Å²) in [7, 11) is -4.15. The predicted octanol–water partition coefficient (Wildman–Crippen LogP) is 6.46. The second-order valence-electron chi connectivity index (χ2n) is 10.3. The molecule has 0 aromatic heterocycles. The average molecular weight is 683 g/mol. The average Bonchev–Trinajstić information content (AvgIpc) is 2.99. The van der Waals surface area contributed by atoms with Crippen LogP contribution in [0.5, 0.6) is 0 Å². The molecule has 0 heterocycles. The minimum Gasteiger partial charge on any atom is -0.352 e. The summed E-state index contributed by atoms with van der Waals surface area (Å²) in [5.74, 6) is -0.865. The van der Waals surface area contributed by atoms with Gasteiger partial charge in [-0.15, -0.1) is 0 Å². The topological polar surface area (TPSA) is 86.8 Å². The molecule has 0 saturated carbocycles. The van der Waals surface area contributed by atoms with Gasteiger partial charge in [-0.25, -0.2) is 8.42 Å². The van der Waals surface area contributed by atoms with E-state index in [9.17, 15) is 18.0 Å². The first kappa shape index (κ1) is 32.3. The Balaban J connectivity index is 1.80. The quantitative estimate of drug-likeness (QED) is 0.186. The molecule has 0 saturated heterocycles. The summed E-state index contributed by atoms with van der Waals surface area (Å²) in [6.07, 6.45) is 0.237. The monoisotopic (exact) mass is 681 g/mol. The van der Waals surface area contributed by atoms with Gasteiger partial charge in [-0.05, 0) is 67.4 Å². The number of amides is 2. The van der Waals surface area contributed by atoms with E-state index in [2.05, 4.69) is 21.2 Å². The lowest BCUT2D eigenvalue weighted by Gasteiger charge is -2.34. The molecule has 7 nitrogen and oxygen atoms in total. The molecule has 0 spiro atoms. The Morgan fingerprint density at radius 3 is 2.07 bits per heavy atom. The summed E-state index contributed by atoms with van der Waals surface area (Å²) in [6.45, 7) is 3.24. The van der Waals surface area contributed by atoms with E-state index >= 15 is 0 Å². The minimum absolute atomic E-state index is 0.0467. The molecule has 4 rings (SSSR count). The molecule has 0 radical (unpaired) electrons. The van der Waals surface area contributed by atoms with Gasteiger partial charge >= 0.3 is 0 Å². The number of nitrogens with zero attached hydrogens (tertiary/aromatic N) is 2. The molecule has 0 unspecified atom stereocenters. The maximum atomic E-state index is 14.4. The Hall–Kier alpha value is -3.66. The van der Waals surface area contributed by atoms with Crippen molar-refractivity contribution >= 4 is 55.1 Å². The lowest BCUT2D eigenvalue weighted by molar-refractivity contribution is -0.140. The summed E-state index contributed by atoms with van der Waals surface area (Å²) in [6, 6.07) is 30.1. The molecule has 0 fully saturated rings. The fraction of sp³-hybridized carbons (Fsp3) is 0.212. The Kier molecular flexibility index (Phi) is 11.0. The van der Waals surface area contributed by atoms with Gasteiger partial charge in [0.2, 0.25) is 11.8 Å². The fourth-order valence-electron chi connectivity index (χ4n) is 4.60. The van der Waals surface area contributed by atoms with Crippen LogP contribution in [0.1, 0.15) is 25.0 Å². The first-order valence-corrected chi connectivity index (χ1v) is 16.4. The number of anilines is 1. The third-order valence-corrected chi connectivity index (χ3v) is 9.21. The molecule has 43 heavy (non-hydrogen) atoms. The number of benzene rings is 4. The SMILES string of the molecule is CC(C)NC(=O)[C@H](Cc1ccccc1)N(Cc1ccc(Cl)cc1)C(=O)CN(c1cccc(Br)c1)S(=O)(=O)c1ccccc1. The maximum absolute atomic E-state index is 14.4. The van der Waals surface area contributed by atoms with Gasteiger partial charge in [0.25, 0.3) is 10.0 Å². The summed E-state index contributed by atoms with van der Waals surface area (Å²) in [5, 5.41) is 3.49. The molecule has 0 aliphatic rings. The molecular formula is C33H33BrClN3O4S. The Bertz CT molecular complexity index is 1640. The maximum Gasteiger partial charge on any atom is 0.264 e. The van der Waals surface area contributed by atoms with Gasteiger partial charge < -0.3 is 10.2 Å². The molecule has 0 aliphatic heterocycles. The van der Waals surface area contributed by atoms with Crippen LogP contribution in [0, 0.1) is 0 Å². The third kappa shape index (κ3) is 8.69. The van der Waals surface area contributed by atoms with Crippen LogP contribution in [-0.2, 0) is 32.6 Å². The van der Waals surface area contributed by atoms with Crippen LogP contribution in [0.4, 0.5) is 5.69 Å². The van der Waals surface area contributed by atoms with E-state index in [1.807, 2.05) is 44.2 Å². The Morgan fingerprint density at radius 2 is 1.47 bits per heavy atom. The first-order valence-electron chi connectivity index (χ1n) is 13.8. The third-order valence-electron chi connectivity index (χ3n) is 6.67. The van der Waals surface area contributed by atoms with Crippen molar-refractivity contribution in [3.05, 3.63) is 130 Å². The number of hydrogen-bond acceptors (Lipinski definition) is 4. The van der Waals surface area contributed by atoms with Crippen molar-refractivity contribution in [1.29, 1.82) is 0 Å². The van der Waals surface area contributed by atoms with Gasteiger partial charge in [0.15, 0.2) is 0 Å². The highest BCUT2D eigenvalue weighted by Gasteiger charge is 2.34. The van der Waals surface area contributed by atoms with Crippen molar-refractivity contribution in [2.45, 2.75) is 43.8 Å². The van der Waals surface area contributed by atoms with Crippen molar-refractivity contribution in [2.24, 2.45) is 0 Å². The molecule has 0 bridgehead atoms. The molecule has 10 heteroatoms. The molecule has 224 valence electrons. The van der Waals surface area contributed by atoms with E-state index in [1.54, 1.807) is 66.7 Å². The van der Waals surface area contributed by atoms with Crippen LogP contribution in [-0.4, -0.2) is 43.8 Å². The Morgan fingerprint density at radius 1 is 0.837 bits per heavy atom. The van der Waals surface area contributed by atoms with E-state index in [1.165, 1.54) is 17.0 Å². The van der Waals surface area contributed by atoms with Gasteiger partial charge in [0, 0.05) is 28.5 Å². The number of rotatable bonds is 12. The van der Waals surface area contributed by atoms with E-state index in [0.29, 0.717) is 15.2 Å². The van der Waals surface area contributed by atoms with Crippen LogP contribution in [0.15, 0.2) is 119 Å². The molecule has 4 aromatic rings.